The first kappa shape index (κ1) is 16.7. The molecule has 1 aliphatic carbocycles. The topological polar surface area (TPSA) is 66.4 Å². The number of sulfonamides is 1. The Bertz CT molecular complexity index is 584. The Morgan fingerprint density at radius 1 is 1.33 bits per heavy atom. The van der Waals surface area contributed by atoms with Crippen molar-refractivity contribution in [2.24, 2.45) is 0 Å². The van der Waals surface area contributed by atoms with Gasteiger partial charge in [-0.1, -0.05) is 6.07 Å². The molecule has 7 heteroatoms. The highest BCUT2D eigenvalue weighted by molar-refractivity contribution is 7.99. The van der Waals surface area contributed by atoms with E-state index < -0.39 is 15.8 Å². The summed E-state index contributed by atoms with van der Waals surface area (Å²) >= 11 is 1.81. The van der Waals surface area contributed by atoms with Gasteiger partial charge >= 0.3 is 0 Å². The smallest absolute Gasteiger partial charge is 0.243 e. The van der Waals surface area contributed by atoms with Crippen LogP contribution in [-0.2, 0) is 16.6 Å². The van der Waals surface area contributed by atoms with E-state index in [1.165, 1.54) is 12.1 Å². The molecular weight excluding hydrogens is 313 g/mol. The molecule has 0 heterocycles. The van der Waals surface area contributed by atoms with E-state index in [0.717, 1.165) is 31.7 Å². The van der Waals surface area contributed by atoms with Crippen LogP contribution < -0.4 is 4.72 Å². The standard InChI is InChI=1S/C14H20FNO3S2/c1-20-12-5-3-11(4-6-12)16-21(18,19)14-7-2-10(9-17)8-13(14)15/h2,7-8,11-12,16-17H,3-6,9H2,1H3. The van der Waals surface area contributed by atoms with Crippen LogP contribution in [0.15, 0.2) is 23.1 Å². The third kappa shape index (κ3) is 4.18. The van der Waals surface area contributed by atoms with E-state index in [-0.39, 0.29) is 17.5 Å². The number of hydrogen-bond acceptors (Lipinski definition) is 4. The van der Waals surface area contributed by atoms with E-state index in [2.05, 4.69) is 11.0 Å². The van der Waals surface area contributed by atoms with Gasteiger partial charge in [-0.15, -0.1) is 0 Å². The lowest BCUT2D eigenvalue weighted by Crippen LogP contribution is -2.38. The number of benzene rings is 1. The molecule has 1 fully saturated rings. The highest BCUT2D eigenvalue weighted by atomic mass is 32.2. The van der Waals surface area contributed by atoms with E-state index in [9.17, 15) is 12.8 Å². The van der Waals surface area contributed by atoms with Crippen LogP contribution in [0, 0.1) is 5.82 Å². The van der Waals surface area contributed by atoms with Crippen LogP contribution in [0.25, 0.3) is 0 Å². The van der Waals surface area contributed by atoms with Crippen LogP contribution in [0.5, 0.6) is 0 Å². The Balaban J connectivity index is 2.08. The van der Waals surface area contributed by atoms with Gasteiger partial charge in [0.15, 0.2) is 0 Å². The van der Waals surface area contributed by atoms with Crippen molar-refractivity contribution >= 4 is 21.8 Å². The highest BCUT2D eigenvalue weighted by Crippen LogP contribution is 2.28. The van der Waals surface area contributed by atoms with Crippen molar-refractivity contribution in [3.63, 3.8) is 0 Å². The minimum absolute atomic E-state index is 0.129. The summed E-state index contributed by atoms with van der Waals surface area (Å²) in [7, 11) is -3.85. The molecule has 1 aromatic rings. The van der Waals surface area contributed by atoms with Crippen molar-refractivity contribution in [3.8, 4) is 0 Å². The zero-order valence-electron chi connectivity index (χ0n) is 11.9. The minimum atomic E-state index is -3.85. The molecule has 2 N–H and O–H groups in total. The maximum Gasteiger partial charge on any atom is 0.243 e. The van der Waals surface area contributed by atoms with Gasteiger partial charge < -0.3 is 5.11 Å². The van der Waals surface area contributed by atoms with Crippen LogP contribution >= 0.6 is 11.8 Å². The first-order chi connectivity index (χ1) is 9.96. The molecule has 2 rings (SSSR count). The number of halogens is 1. The van der Waals surface area contributed by atoms with Gasteiger partial charge in [0.05, 0.1) is 6.61 Å². The summed E-state index contributed by atoms with van der Waals surface area (Å²) in [5, 5.41) is 9.52. The summed E-state index contributed by atoms with van der Waals surface area (Å²) in [6.07, 6.45) is 5.57. The number of aliphatic hydroxyl groups excluding tert-OH is 1. The Kier molecular flexibility index (Phi) is 5.65. The molecule has 0 aromatic heterocycles. The molecule has 4 nitrogen and oxygen atoms in total. The lowest BCUT2D eigenvalue weighted by atomic mass is 9.96. The van der Waals surface area contributed by atoms with E-state index >= 15 is 0 Å². The van der Waals surface area contributed by atoms with Crippen molar-refractivity contribution in [1.29, 1.82) is 0 Å². The number of nitrogens with one attached hydrogen (secondary N) is 1. The number of aliphatic hydroxyl groups is 1. The third-order valence-electron chi connectivity index (χ3n) is 3.80. The van der Waals surface area contributed by atoms with Crippen LogP contribution in [-0.4, -0.2) is 31.1 Å². The summed E-state index contributed by atoms with van der Waals surface area (Å²) < 4.78 is 41.0. The van der Waals surface area contributed by atoms with Crippen LogP contribution in [0.1, 0.15) is 31.2 Å². The Morgan fingerprint density at radius 3 is 2.52 bits per heavy atom. The lowest BCUT2D eigenvalue weighted by molar-refractivity contribution is 0.281. The molecule has 1 aliphatic rings. The normalized spacial score (nSPS) is 23.2. The Hall–Kier alpha value is -0.630. The third-order valence-corrected chi connectivity index (χ3v) is 6.49. The van der Waals surface area contributed by atoms with Gasteiger partial charge in [0.2, 0.25) is 10.0 Å². The largest absolute Gasteiger partial charge is 0.392 e. The quantitative estimate of drug-likeness (QED) is 0.867. The first-order valence-electron chi connectivity index (χ1n) is 6.90. The van der Waals surface area contributed by atoms with E-state index in [4.69, 9.17) is 5.11 Å². The van der Waals surface area contributed by atoms with Gasteiger partial charge in [-0.25, -0.2) is 17.5 Å². The molecule has 0 spiro atoms. The van der Waals surface area contributed by atoms with Gasteiger partial charge in [-0.2, -0.15) is 11.8 Å². The number of thioether (sulfide) groups is 1. The molecule has 21 heavy (non-hydrogen) atoms. The number of hydrogen-bond donors (Lipinski definition) is 2. The second kappa shape index (κ2) is 7.09. The molecule has 0 atom stereocenters. The Labute approximate surface area is 129 Å². The fraction of sp³-hybridized carbons (Fsp3) is 0.571. The molecular formula is C14H20FNO3S2. The van der Waals surface area contributed by atoms with Gasteiger partial charge in [0, 0.05) is 11.3 Å². The fourth-order valence-electron chi connectivity index (χ4n) is 2.56. The second-order valence-electron chi connectivity index (χ2n) is 5.25. The molecule has 1 saturated carbocycles. The van der Waals surface area contributed by atoms with Crippen molar-refractivity contribution in [2.45, 2.75) is 48.5 Å². The van der Waals surface area contributed by atoms with Crippen LogP contribution in [0.3, 0.4) is 0 Å². The Morgan fingerprint density at radius 2 is 2.00 bits per heavy atom. The van der Waals surface area contributed by atoms with Crippen LogP contribution in [0.4, 0.5) is 4.39 Å². The average molecular weight is 333 g/mol. The van der Waals surface area contributed by atoms with E-state index in [1.807, 2.05) is 11.8 Å². The fourth-order valence-corrected chi connectivity index (χ4v) is 4.67. The summed E-state index contributed by atoms with van der Waals surface area (Å²) in [6.45, 7) is -0.316. The first-order valence-corrected chi connectivity index (χ1v) is 9.68. The van der Waals surface area contributed by atoms with Gasteiger partial charge in [0.25, 0.3) is 0 Å². The summed E-state index contributed by atoms with van der Waals surface area (Å²) in [6, 6.07) is 3.55. The molecule has 118 valence electrons. The van der Waals surface area contributed by atoms with E-state index in [1.54, 1.807) is 0 Å². The SMILES string of the molecule is CSC1CCC(NS(=O)(=O)c2ccc(CO)cc2F)CC1. The van der Waals surface area contributed by atoms with Gasteiger partial charge in [-0.05, 0) is 49.6 Å². The summed E-state index contributed by atoms with van der Waals surface area (Å²) in [4.78, 5) is -0.355. The summed E-state index contributed by atoms with van der Waals surface area (Å²) in [5.41, 5.74) is 0.354. The molecule has 0 bridgehead atoms. The van der Waals surface area contributed by atoms with E-state index in [0.29, 0.717) is 10.8 Å². The molecule has 0 amide bonds. The predicted molar refractivity (Wildman–Crippen MR) is 82.2 cm³/mol. The molecule has 0 aliphatic heterocycles. The van der Waals surface area contributed by atoms with Gasteiger partial charge in [0.1, 0.15) is 10.7 Å². The highest BCUT2D eigenvalue weighted by Gasteiger charge is 2.27. The average Bonchev–Trinajstić information content (AvgIpc) is 2.47. The summed E-state index contributed by atoms with van der Waals surface area (Å²) in [5.74, 6) is -0.827. The molecule has 0 unspecified atom stereocenters. The monoisotopic (exact) mass is 333 g/mol. The lowest BCUT2D eigenvalue weighted by Gasteiger charge is -2.27. The van der Waals surface area contributed by atoms with Crippen LogP contribution in [0.2, 0.25) is 0 Å². The van der Waals surface area contributed by atoms with Crippen molar-refractivity contribution in [3.05, 3.63) is 29.6 Å². The number of rotatable bonds is 5. The van der Waals surface area contributed by atoms with Crippen molar-refractivity contribution in [1.82, 2.24) is 4.72 Å². The molecule has 0 saturated heterocycles. The maximum atomic E-state index is 13.9. The maximum absolute atomic E-state index is 13.9. The molecule has 1 aromatic carbocycles. The predicted octanol–water partition coefficient (Wildman–Crippen LogP) is 2.27. The minimum Gasteiger partial charge on any atom is -0.392 e. The van der Waals surface area contributed by atoms with Gasteiger partial charge in [-0.3, -0.25) is 0 Å². The second-order valence-corrected chi connectivity index (χ2v) is 8.07. The molecule has 0 radical (unpaired) electrons. The van der Waals surface area contributed by atoms with Crippen molar-refractivity contribution in [2.75, 3.05) is 6.26 Å². The zero-order chi connectivity index (χ0) is 15.5. The zero-order valence-corrected chi connectivity index (χ0v) is 13.5. The van der Waals surface area contributed by atoms with Crippen molar-refractivity contribution < 1.29 is 17.9 Å².